The van der Waals surface area contributed by atoms with Crippen LogP contribution in [0.3, 0.4) is 0 Å². The zero-order valence-electron chi connectivity index (χ0n) is 20.3. The lowest BCUT2D eigenvalue weighted by molar-refractivity contribution is -0.277. The first-order valence-electron chi connectivity index (χ1n) is 11.8. The lowest BCUT2D eigenvalue weighted by Crippen LogP contribution is -2.60. The molecular formula is C25H34O12. The van der Waals surface area contributed by atoms with Crippen LogP contribution in [0, 0.1) is 0 Å². The Hall–Kier alpha value is -2.68. The predicted molar refractivity (Wildman–Crippen MR) is 127 cm³/mol. The molecule has 1 saturated heterocycles. The van der Waals surface area contributed by atoms with Gasteiger partial charge in [-0.3, -0.25) is 0 Å². The first-order valence-corrected chi connectivity index (χ1v) is 11.8. The quantitative estimate of drug-likeness (QED) is 0.168. The number of phenolic OH excluding ortho intramolecular Hbond substituents is 1. The molecule has 1 fully saturated rings. The lowest BCUT2D eigenvalue weighted by atomic mass is 9.99. The topological polar surface area (TPSA) is 199 Å². The zero-order chi connectivity index (χ0) is 27.1. The van der Waals surface area contributed by atoms with E-state index in [1.54, 1.807) is 12.1 Å². The third-order valence-electron chi connectivity index (χ3n) is 6.08. The van der Waals surface area contributed by atoms with Crippen molar-refractivity contribution in [2.45, 2.75) is 55.8 Å². The molecule has 0 unspecified atom stereocenters. The van der Waals surface area contributed by atoms with Crippen molar-refractivity contribution in [1.82, 2.24) is 0 Å². The average Bonchev–Trinajstić information content (AvgIpc) is 2.91. The van der Waals surface area contributed by atoms with Crippen LogP contribution in [0.2, 0.25) is 0 Å². The number of methoxy groups -OCH3 is 1. The Morgan fingerprint density at radius 3 is 2.32 bits per heavy atom. The van der Waals surface area contributed by atoms with Gasteiger partial charge in [0.25, 0.3) is 0 Å². The molecule has 0 saturated carbocycles. The maximum Gasteiger partial charge on any atom is 0.229 e. The van der Waals surface area contributed by atoms with Crippen LogP contribution < -0.4 is 14.2 Å². The van der Waals surface area contributed by atoms with Crippen molar-refractivity contribution in [2.75, 3.05) is 26.9 Å². The van der Waals surface area contributed by atoms with E-state index in [0.29, 0.717) is 18.4 Å². The standard InChI is InChI=1S/C25H34O12/c1-34-17-10-14(5-6-15(17)29)21(30)19(11-27)35-16-7-4-13(3-2-8-26)9-18(16)36-25-24(33)23(32)22(31)20(12-28)37-25/h4-7,9-10,19-33H,2-3,8,11-12H2,1H3/t19-,20-,21-,22-,23+,24-,25-/m1/s1. The molecule has 12 nitrogen and oxygen atoms in total. The van der Waals surface area contributed by atoms with Crippen LogP contribution in [-0.2, 0) is 11.2 Å². The molecule has 0 amide bonds. The molecule has 0 aliphatic carbocycles. The first kappa shape index (κ1) is 28.9. The second-order valence-corrected chi connectivity index (χ2v) is 8.64. The smallest absolute Gasteiger partial charge is 0.229 e. The molecule has 206 valence electrons. The molecule has 0 aromatic heterocycles. The van der Waals surface area contributed by atoms with Gasteiger partial charge in [-0.1, -0.05) is 12.1 Å². The van der Waals surface area contributed by atoms with Gasteiger partial charge in [0.05, 0.1) is 20.3 Å². The number of aliphatic hydroxyl groups excluding tert-OH is 7. The van der Waals surface area contributed by atoms with E-state index in [1.807, 2.05) is 0 Å². The Kier molecular flexibility index (Phi) is 10.3. The first-order chi connectivity index (χ1) is 17.7. The number of ether oxygens (including phenoxy) is 4. The molecule has 12 heteroatoms. The molecule has 1 aliphatic heterocycles. The predicted octanol–water partition coefficient (Wildman–Crippen LogP) is -1.02. The summed E-state index contributed by atoms with van der Waals surface area (Å²) < 4.78 is 22.2. The molecule has 8 N–H and O–H groups in total. The van der Waals surface area contributed by atoms with Crippen molar-refractivity contribution in [3.8, 4) is 23.0 Å². The number of aromatic hydroxyl groups is 1. The fourth-order valence-corrected chi connectivity index (χ4v) is 3.93. The molecule has 2 aromatic rings. The summed E-state index contributed by atoms with van der Waals surface area (Å²) in [4.78, 5) is 0. The van der Waals surface area contributed by atoms with E-state index in [4.69, 9.17) is 24.1 Å². The van der Waals surface area contributed by atoms with Crippen molar-refractivity contribution in [1.29, 1.82) is 0 Å². The maximum absolute atomic E-state index is 10.9. The van der Waals surface area contributed by atoms with Gasteiger partial charge in [0.2, 0.25) is 6.29 Å². The van der Waals surface area contributed by atoms with Crippen LogP contribution in [0.1, 0.15) is 23.7 Å². The number of aryl methyl sites for hydroxylation is 1. The molecule has 0 spiro atoms. The summed E-state index contributed by atoms with van der Waals surface area (Å²) in [5.41, 5.74) is 1.02. The SMILES string of the molecule is COc1cc([C@@H](O)[C@@H](CO)Oc2ccc(CCCO)cc2O[C@@H]2O[C@H](CO)[C@@H](O)[C@H](O)[C@H]2O)ccc1O. The van der Waals surface area contributed by atoms with Crippen LogP contribution in [0.25, 0.3) is 0 Å². The minimum atomic E-state index is -1.67. The molecule has 7 atom stereocenters. The Bertz CT molecular complexity index is 1000. The highest BCUT2D eigenvalue weighted by molar-refractivity contribution is 5.45. The van der Waals surface area contributed by atoms with Gasteiger partial charge in [0.15, 0.2) is 29.1 Å². The van der Waals surface area contributed by atoms with E-state index in [1.165, 1.54) is 31.4 Å². The third-order valence-corrected chi connectivity index (χ3v) is 6.08. The zero-order valence-corrected chi connectivity index (χ0v) is 20.3. The molecule has 2 aromatic carbocycles. The van der Waals surface area contributed by atoms with Gasteiger partial charge < -0.3 is 59.8 Å². The highest BCUT2D eigenvalue weighted by Crippen LogP contribution is 2.36. The number of rotatable bonds is 12. The van der Waals surface area contributed by atoms with Crippen LogP contribution >= 0.6 is 0 Å². The molecule has 1 aliphatic rings. The second kappa shape index (κ2) is 13.2. The Morgan fingerprint density at radius 2 is 1.68 bits per heavy atom. The van der Waals surface area contributed by atoms with Gasteiger partial charge in [0, 0.05) is 6.61 Å². The summed E-state index contributed by atoms with van der Waals surface area (Å²) in [5, 5.41) is 79.8. The van der Waals surface area contributed by atoms with Crippen molar-refractivity contribution in [3.63, 3.8) is 0 Å². The summed E-state index contributed by atoms with van der Waals surface area (Å²) in [5.74, 6) is 0.0592. The van der Waals surface area contributed by atoms with E-state index >= 15 is 0 Å². The second-order valence-electron chi connectivity index (χ2n) is 8.64. The normalized spacial score (nSPS) is 25.4. The average molecular weight is 527 g/mol. The number of hydrogen-bond donors (Lipinski definition) is 8. The van der Waals surface area contributed by atoms with Gasteiger partial charge in [0.1, 0.15) is 30.5 Å². The van der Waals surface area contributed by atoms with E-state index in [2.05, 4.69) is 0 Å². The van der Waals surface area contributed by atoms with E-state index in [-0.39, 0.29) is 29.6 Å². The third kappa shape index (κ3) is 6.80. The highest BCUT2D eigenvalue weighted by Gasteiger charge is 2.45. The van der Waals surface area contributed by atoms with Crippen LogP contribution in [0.15, 0.2) is 36.4 Å². The maximum atomic E-state index is 10.9. The van der Waals surface area contributed by atoms with E-state index in [9.17, 15) is 35.7 Å². The van der Waals surface area contributed by atoms with Crippen molar-refractivity contribution < 1.29 is 59.8 Å². The minimum Gasteiger partial charge on any atom is -0.504 e. The van der Waals surface area contributed by atoms with Crippen LogP contribution in [0.5, 0.6) is 23.0 Å². The number of hydrogen-bond acceptors (Lipinski definition) is 12. The minimum absolute atomic E-state index is 0.0220. The summed E-state index contributed by atoms with van der Waals surface area (Å²) in [6.45, 7) is -1.30. The Labute approximate surface area is 213 Å². The summed E-state index contributed by atoms with van der Waals surface area (Å²) in [6.07, 6.45) is -9.20. The number of aliphatic hydroxyl groups is 7. The van der Waals surface area contributed by atoms with Gasteiger partial charge in [-0.15, -0.1) is 0 Å². The van der Waals surface area contributed by atoms with E-state index in [0.717, 1.165) is 5.56 Å². The summed E-state index contributed by atoms with van der Waals surface area (Å²) in [6, 6.07) is 8.92. The Balaban J connectivity index is 1.89. The van der Waals surface area contributed by atoms with Gasteiger partial charge >= 0.3 is 0 Å². The van der Waals surface area contributed by atoms with Crippen molar-refractivity contribution in [2.24, 2.45) is 0 Å². The van der Waals surface area contributed by atoms with Gasteiger partial charge in [-0.05, 0) is 48.2 Å². The number of phenols is 1. The summed E-state index contributed by atoms with van der Waals surface area (Å²) >= 11 is 0. The molecular weight excluding hydrogens is 492 g/mol. The molecule has 3 rings (SSSR count). The molecule has 0 bridgehead atoms. The van der Waals surface area contributed by atoms with E-state index < -0.39 is 56.1 Å². The fraction of sp³-hybridized carbons (Fsp3) is 0.520. The molecule has 1 heterocycles. The van der Waals surface area contributed by atoms with Crippen molar-refractivity contribution >= 4 is 0 Å². The fourth-order valence-electron chi connectivity index (χ4n) is 3.93. The van der Waals surface area contributed by atoms with Crippen molar-refractivity contribution in [3.05, 3.63) is 47.5 Å². The van der Waals surface area contributed by atoms with Crippen LogP contribution in [0.4, 0.5) is 0 Å². The molecule has 0 radical (unpaired) electrons. The summed E-state index contributed by atoms with van der Waals surface area (Å²) in [7, 11) is 1.35. The molecule has 37 heavy (non-hydrogen) atoms. The van der Waals surface area contributed by atoms with Gasteiger partial charge in [-0.2, -0.15) is 0 Å². The monoisotopic (exact) mass is 526 g/mol. The Morgan fingerprint density at radius 1 is 0.919 bits per heavy atom. The van der Waals surface area contributed by atoms with Crippen LogP contribution in [-0.4, -0.2) is 105 Å². The lowest BCUT2D eigenvalue weighted by Gasteiger charge is -2.39. The highest BCUT2D eigenvalue weighted by atomic mass is 16.7. The van der Waals surface area contributed by atoms with Gasteiger partial charge in [-0.25, -0.2) is 0 Å². The largest absolute Gasteiger partial charge is 0.504 e. The number of benzene rings is 2.